The number of carbonyl (C=O) groups excluding carboxylic acids is 1. The smallest absolute Gasteiger partial charge is 0.413 e. The Balaban J connectivity index is 1.89. The van der Waals surface area contributed by atoms with Gasteiger partial charge in [0.2, 0.25) is 5.27 Å². The SMILES string of the molecule is COC(=O)Nc1c[n+](CCc2ccccc2)no1. The second kappa shape index (κ2) is 5.81. The van der Waals surface area contributed by atoms with Crippen molar-refractivity contribution >= 4 is 12.0 Å². The first kappa shape index (κ1) is 12.1. The summed E-state index contributed by atoms with van der Waals surface area (Å²) < 4.78 is 11.0. The van der Waals surface area contributed by atoms with Crippen LogP contribution < -0.4 is 10.00 Å². The van der Waals surface area contributed by atoms with Gasteiger partial charge < -0.3 is 4.74 Å². The van der Waals surface area contributed by atoms with E-state index in [4.69, 9.17) is 4.52 Å². The molecule has 94 valence electrons. The van der Waals surface area contributed by atoms with Crippen molar-refractivity contribution in [3.8, 4) is 0 Å². The largest absolute Gasteiger partial charge is 0.453 e. The first-order valence-electron chi connectivity index (χ1n) is 5.53. The average Bonchev–Trinajstić information content (AvgIpc) is 2.85. The van der Waals surface area contributed by atoms with Gasteiger partial charge in [-0.25, -0.2) is 4.79 Å². The molecule has 2 aromatic rings. The van der Waals surface area contributed by atoms with Gasteiger partial charge >= 0.3 is 12.0 Å². The molecule has 1 amide bonds. The number of nitrogens with zero attached hydrogens (tertiary/aromatic N) is 2. The molecule has 18 heavy (non-hydrogen) atoms. The van der Waals surface area contributed by atoms with E-state index >= 15 is 0 Å². The highest BCUT2D eigenvalue weighted by molar-refractivity contribution is 5.82. The number of hydrogen-bond donors (Lipinski definition) is 1. The number of rotatable bonds is 4. The molecule has 1 N–H and O–H groups in total. The van der Waals surface area contributed by atoms with Crippen molar-refractivity contribution in [1.29, 1.82) is 0 Å². The average molecular weight is 248 g/mol. The summed E-state index contributed by atoms with van der Waals surface area (Å²) in [5.41, 5.74) is 1.22. The molecular weight excluding hydrogens is 234 g/mol. The molecule has 0 radical (unpaired) electrons. The predicted molar refractivity (Wildman–Crippen MR) is 62.9 cm³/mol. The number of benzene rings is 1. The Kier molecular flexibility index (Phi) is 3.90. The van der Waals surface area contributed by atoms with Crippen LogP contribution in [0.25, 0.3) is 0 Å². The Morgan fingerprint density at radius 1 is 1.44 bits per heavy atom. The van der Waals surface area contributed by atoms with E-state index in [2.05, 4.69) is 15.3 Å². The normalized spacial score (nSPS) is 10.1. The van der Waals surface area contributed by atoms with Crippen molar-refractivity contribution in [2.75, 3.05) is 12.4 Å². The molecule has 0 spiro atoms. The maximum absolute atomic E-state index is 10.9. The van der Waals surface area contributed by atoms with Crippen molar-refractivity contribution in [3.63, 3.8) is 0 Å². The van der Waals surface area contributed by atoms with Gasteiger partial charge in [0.25, 0.3) is 6.20 Å². The molecule has 0 aliphatic carbocycles. The Labute approximate surface area is 104 Å². The molecule has 1 heterocycles. The highest BCUT2D eigenvalue weighted by Gasteiger charge is 2.13. The van der Waals surface area contributed by atoms with Crippen LogP contribution in [0.5, 0.6) is 0 Å². The zero-order valence-electron chi connectivity index (χ0n) is 10.00. The fraction of sp³-hybridized carbons (Fsp3) is 0.250. The summed E-state index contributed by atoms with van der Waals surface area (Å²) in [5.74, 6) is 0.259. The van der Waals surface area contributed by atoms with Gasteiger partial charge in [-0.3, -0.25) is 9.84 Å². The third-order valence-corrected chi connectivity index (χ3v) is 2.39. The van der Waals surface area contributed by atoms with Crippen molar-refractivity contribution in [2.45, 2.75) is 13.0 Å². The zero-order chi connectivity index (χ0) is 12.8. The van der Waals surface area contributed by atoms with Crippen LogP contribution in [0.15, 0.2) is 41.1 Å². The minimum absolute atomic E-state index is 0.259. The van der Waals surface area contributed by atoms with Crippen molar-refractivity contribution in [3.05, 3.63) is 42.1 Å². The number of aryl methyl sites for hydroxylation is 2. The maximum atomic E-state index is 10.9. The van der Waals surface area contributed by atoms with E-state index < -0.39 is 6.09 Å². The van der Waals surface area contributed by atoms with Gasteiger partial charge in [0.15, 0.2) is 6.54 Å². The molecule has 1 aromatic carbocycles. The topological polar surface area (TPSA) is 68.2 Å². The molecule has 0 saturated heterocycles. The first-order valence-corrected chi connectivity index (χ1v) is 5.53. The lowest BCUT2D eigenvalue weighted by molar-refractivity contribution is -0.761. The summed E-state index contributed by atoms with van der Waals surface area (Å²) in [6.45, 7) is 0.677. The molecule has 0 atom stereocenters. The Bertz CT molecular complexity index is 510. The molecule has 0 fully saturated rings. The van der Waals surface area contributed by atoms with Gasteiger partial charge in [0.1, 0.15) is 0 Å². The van der Waals surface area contributed by atoms with E-state index in [1.807, 2.05) is 30.3 Å². The predicted octanol–water partition coefficient (Wildman–Crippen LogP) is 1.38. The standard InChI is InChI=1S/C12H13N3O3/c1-17-12(16)13-11-9-15(14-18-11)8-7-10-5-3-2-4-6-10/h2-6,9H,7-8H2,1H3/p+1. The summed E-state index contributed by atoms with van der Waals surface area (Å²) in [5, 5.41) is 6.19. The first-order chi connectivity index (χ1) is 8.78. The van der Waals surface area contributed by atoms with Gasteiger partial charge in [-0.2, -0.15) is 0 Å². The third kappa shape index (κ3) is 3.31. The minimum atomic E-state index is -0.582. The highest BCUT2D eigenvalue weighted by Crippen LogP contribution is 2.02. The lowest BCUT2D eigenvalue weighted by atomic mass is 10.1. The summed E-state index contributed by atoms with van der Waals surface area (Å²) in [6.07, 6.45) is 1.87. The van der Waals surface area contributed by atoms with Gasteiger partial charge in [-0.1, -0.05) is 35.0 Å². The Morgan fingerprint density at radius 2 is 2.22 bits per heavy atom. The Morgan fingerprint density at radius 3 is 2.94 bits per heavy atom. The molecule has 6 heteroatoms. The van der Waals surface area contributed by atoms with Crippen LogP contribution in [-0.2, 0) is 17.7 Å². The number of methoxy groups -OCH3 is 1. The lowest BCUT2D eigenvalue weighted by Crippen LogP contribution is -2.35. The van der Waals surface area contributed by atoms with Crippen LogP contribution in [-0.4, -0.2) is 18.5 Å². The maximum Gasteiger partial charge on any atom is 0.413 e. The molecular formula is C12H14N3O3+. The second-order valence-corrected chi connectivity index (χ2v) is 3.68. The van der Waals surface area contributed by atoms with E-state index in [1.54, 1.807) is 10.9 Å². The monoisotopic (exact) mass is 248 g/mol. The van der Waals surface area contributed by atoms with Crippen LogP contribution in [0, 0.1) is 0 Å². The van der Waals surface area contributed by atoms with Crippen molar-refractivity contribution in [1.82, 2.24) is 5.27 Å². The molecule has 2 rings (SSSR count). The number of amides is 1. The molecule has 0 aliphatic rings. The fourth-order valence-corrected chi connectivity index (χ4v) is 1.48. The van der Waals surface area contributed by atoms with E-state index in [-0.39, 0.29) is 5.88 Å². The van der Waals surface area contributed by atoms with Crippen LogP contribution >= 0.6 is 0 Å². The number of hydrogen-bond acceptors (Lipinski definition) is 4. The van der Waals surface area contributed by atoms with Gasteiger partial charge in [0, 0.05) is 6.42 Å². The van der Waals surface area contributed by atoms with Crippen LogP contribution in [0.1, 0.15) is 5.56 Å². The summed E-state index contributed by atoms with van der Waals surface area (Å²) in [6, 6.07) is 10.1. The molecule has 6 nitrogen and oxygen atoms in total. The second-order valence-electron chi connectivity index (χ2n) is 3.68. The van der Waals surface area contributed by atoms with E-state index in [9.17, 15) is 4.79 Å². The summed E-state index contributed by atoms with van der Waals surface area (Å²) in [7, 11) is 1.29. The zero-order valence-corrected chi connectivity index (χ0v) is 10.00. The third-order valence-electron chi connectivity index (χ3n) is 2.39. The van der Waals surface area contributed by atoms with Crippen LogP contribution in [0.3, 0.4) is 0 Å². The molecule has 0 bridgehead atoms. The van der Waals surface area contributed by atoms with Gasteiger partial charge in [-0.15, -0.1) is 0 Å². The van der Waals surface area contributed by atoms with E-state index in [0.717, 1.165) is 6.42 Å². The molecule has 1 aromatic heterocycles. The Hall–Kier alpha value is -2.37. The number of ether oxygens (including phenoxy) is 1. The van der Waals surface area contributed by atoms with E-state index in [0.29, 0.717) is 6.54 Å². The summed E-state index contributed by atoms with van der Waals surface area (Å²) >= 11 is 0. The minimum Gasteiger partial charge on any atom is -0.453 e. The number of anilines is 1. The van der Waals surface area contributed by atoms with Crippen LogP contribution in [0.2, 0.25) is 0 Å². The highest BCUT2D eigenvalue weighted by atomic mass is 16.5. The van der Waals surface area contributed by atoms with Crippen LogP contribution in [0.4, 0.5) is 10.7 Å². The number of carbonyl (C=O) groups is 1. The number of nitrogens with one attached hydrogen (secondary N) is 1. The van der Waals surface area contributed by atoms with Gasteiger partial charge in [0.05, 0.1) is 7.11 Å². The van der Waals surface area contributed by atoms with Gasteiger partial charge in [-0.05, 0) is 5.56 Å². The molecule has 0 unspecified atom stereocenters. The summed E-state index contributed by atoms with van der Waals surface area (Å²) in [4.78, 5) is 10.9. The van der Waals surface area contributed by atoms with Crippen molar-refractivity contribution in [2.24, 2.45) is 0 Å². The molecule has 0 saturated carbocycles. The molecule has 0 aliphatic heterocycles. The van der Waals surface area contributed by atoms with Crippen molar-refractivity contribution < 1.29 is 18.7 Å². The fourth-order valence-electron chi connectivity index (χ4n) is 1.48. The quantitative estimate of drug-likeness (QED) is 0.830. The number of aromatic nitrogens is 2. The lowest BCUT2D eigenvalue weighted by Gasteiger charge is -1.94. The van der Waals surface area contributed by atoms with E-state index in [1.165, 1.54) is 12.7 Å².